The van der Waals surface area contributed by atoms with E-state index in [0.717, 1.165) is 20.5 Å². The highest BCUT2D eigenvalue weighted by atomic mass is 79.9. The van der Waals surface area contributed by atoms with E-state index in [2.05, 4.69) is 67.2 Å². The van der Waals surface area contributed by atoms with Gasteiger partial charge in [0.05, 0.1) is 3.79 Å². The average Bonchev–Trinajstić information content (AvgIpc) is 2.94. The molecule has 2 heterocycles. The lowest BCUT2D eigenvalue weighted by atomic mass is 10.1. The molecule has 1 unspecified atom stereocenters. The van der Waals surface area contributed by atoms with Crippen molar-refractivity contribution in [3.05, 3.63) is 31.4 Å². The van der Waals surface area contributed by atoms with Crippen LogP contribution >= 0.6 is 43.2 Å². The predicted molar refractivity (Wildman–Crippen MR) is 85.6 cm³/mol. The number of likely N-dealkylation sites (N-methyl/N-ethyl adjacent to an activating group) is 1. The number of hydrogen-bond acceptors (Lipinski definition) is 4. The number of aromatic nitrogens is 3. The second kappa shape index (κ2) is 6.47. The predicted octanol–water partition coefficient (Wildman–Crippen LogP) is 3.95. The molecule has 19 heavy (non-hydrogen) atoms. The van der Waals surface area contributed by atoms with Crippen LogP contribution in [-0.2, 0) is 6.42 Å². The van der Waals surface area contributed by atoms with Crippen molar-refractivity contribution in [1.29, 1.82) is 0 Å². The van der Waals surface area contributed by atoms with Crippen LogP contribution in [0.2, 0.25) is 0 Å². The first-order valence-electron chi connectivity index (χ1n) is 6.03. The summed E-state index contributed by atoms with van der Waals surface area (Å²) in [5.41, 5.74) is 0. The van der Waals surface area contributed by atoms with Gasteiger partial charge in [-0.1, -0.05) is 0 Å². The summed E-state index contributed by atoms with van der Waals surface area (Å²) in [6.07, 6.45) is 2.45. The van der Waals surface area contributed by atoms with Gasteiger partial charge in [-0.05, 0) is 58.8 Å². The number of thiophene rings is 1. The first-order valence-corrected chi connectivity index (χ1v) is 8.43. The third-order valence-corrected chi connectivity index (χ3v) is 6.25. The molecule has 0 aliphatic heterocycles. The molecule has 0 amide bonds. The lowest BCUT2D eigenvalue weighted by Crippen LogP contribution is -2.20. The smallest absolute Gasteiger partial charge is 0.138 e. The molecule has 0 spiro atoms. The summed E-state index contributed by atoms with van der Waals surface area (Å²) in [7, 11) is 1.97. The molecule has 1 N–H and O–H groups in total. The van der Waals surface area contributed by atoms with Gasteiger partial charge in [0.15, 0.2) is 0 Å². The van der Waals surface area contributed by atoms with Crippen molar-refractivity contribution in [3.8, 4) is 0 Å². The van der Waals surface area contributed by atoms with Crippen molar-refractivity contribution in [2.75, 3.05) is 7.05 Å². The van der Waals surface area contributed by atoms with Crippen LogP contribution in [0.1, 0.15) is 36.6 Å². The Morgan fingerprint density at radius 2 is 2.16 bits per heavy atom. The summed E-state index contributed by atoms with van der Waals surface area (Å²) in [4.78, 5) is 5.65. The summed E-state index contributed by atoms with van der Waals surface area (Å²) in [6, 6.07) is 2.72. The van der Waals surface area contributed by atoms with Crippen molar-refractivity contribution in [2.24, 2.45) is 0 Å². The molecule has 0 bridgehead atoms. The van der Waals surface area contributed by atoms with E-state index in [1.165, 1.54) is 4.88 Å². The van der Waals surface area contributed by atoms with Crippen molar-refractivity contribution < 1.29 is 0 Å². The fourth-order valence-corrected chi connectivity index (χ4v) is 4.11. The van der Waals surface area contributed by atoms with E-state index in [9.17, 15) is 0 Å². The minimum Gasteiger partial charge on any atom is -0.312 e. The fraction of sp³-hybridized carbons (Fsp3) is 0.500. The molecule has 104 valence electrons. The van der Waals surface area contributed by atoms with Crippen molar-refractivity contribution in [2.45, 2.75) is 32.4 Å². The van der Waals surface area contributed by atoms with Gasteiger partial charge in [0.2, 0.25) is 0 Å². The minimum atomic E-state index is 0.245. The first kappa shape index (κ1) is 15.2. The number of nitrogens with zero attached hydrogens (tertiary/aromatic N) is 3. The number of rotatable bonds is 5. The summed E-state index contributed by atoms with van der Waals surface area (Å²) < 4.78 is 4.19. The zero-order valence-electron chi connectivity index (χ0n) is 11.0. The highest BCUT2D eigenvalue weighted by Crippen LogP contribution is 2.36. The molecule has 0 saturated heterocycles. The van der Waals surface area contributed by atoms with Gasteiger partial charge in [0, 0.05) is 27.9 Å². The summed E-state index contributed by atoms with van der Waals surface area (Å²) in [5, 5.41) is 7.63. The van der Waals surface area contributed by atoms with Gasteiger partial charge in [-0.15, -0.1) is 11.3 Å². The van der Waals surface area contributed by atoms with Crippen LogP contribution in [0.25, 0.3) is 0 Å². The Bertz CT molecular complexity index is 530. The summed E-state index contributed by atoms with van der Waals surface area (Å²) in [5.74, 6) is 1.01. The van der Waals surface area contributed by atoms with Gasteiger partial charge in [-0.25, -0.2) is 9.67 Å². The molecule has 0 radical (unpaired) electrons. The highest BCUT2D eigenvalue weighted by Gasteiger charge is 2.18. The Morgan fingerprint density at radius 1 is 1.42 bits per heavy atom. The van der Waals surface area contributed by atoms with Gasteiger partial charge < -0.3 is 5.32 Å². The maximum absolute atomic E-state index is 4.37. The molecular formula is C12H16Br2N4S. The monoisotopic (exact) mass is 406 g/mol. The SMILES string of the molecule is CNC(Cc1ncnn1C(C)C)c1cc(Br)c(Br)s1. The van der Waals surface area contributed by atoms with Gasteiger partial charge >= 0.3 is 0 Å². The minimum absolute atomic E-state index is 0.245. The molecule has 0 aromatic carbocycles. The van der Waals surface area contributed by atoms with E-state index in [1.807, 2.05) is 11.7 Å². The van der Waals surface area contributed by atoms with Gasteiger partial charge in [0.25, 0.3) is 0 Å². The maximum atomic E-state index is 4.37. The number of nitrogens with one attached hydrogen (secondary N) is 1. The fourth-order valence-electron chi connectivity index (χ4n) is 1.91. The van der Waals surface area contributed by atoms with Gasteiger partial charge in [-0.2, -0.15) is 5.10 Å². The van der Waals surface area contributed by atoms with E-state index >= 15 is 0 Å². The Labute approximate surface area is 133 Å². The van der Waals surface area contributed by atoms with E-state index < -0.39 is 0 Å². The van der Waals surface area contributed by atoms with Crippen LogP contribution in [0.5, 0.6) is 0 Å². The molecule has 2 rings (SSSR count). The van der Waals surface area contributed by atoms with E-state index in [-0.39, 0.29) is 6.04 Å². The molecule has 2 aromatic heterocycles. The van der Waals surface area contributed by atoms with Crippen molar-refractivity contribution in [3.63, 3.8) is 0 Å². The maximum Gasteiger partial charge on any atom is 0.138 e. The average molecular weight is 408 g/mol. The van der Waals surface area contributed by atoms with Crippen LogP contribution in [0, 0.1) is 0 Å². The third-order valence-electron chi connectivity index (χ3n) is 2.88. The lowest BCUT2D eigenvalue weighted by Gasteiger charge is -2.16. The molecule has 4 nitrogen and oxygen atoms in total. The summed E-state index contributed by atoms with van der Waals surface area (Å²) >= 11 is 8.80. The van der Waals surface area contributed by atoms with Gasteiger partial charge in [-0.3, -0.25) is 0 Å². The zero-order valence-corrected chi connectivity index (χ0v) is 15.0. The standard InChI is InChI=1S/C12H16Br2N4S/c1-7(2)18-11(16-6-17-18)5-9(15-3)10-4-8(13)12(14)19-10/h4,6-7,9,15H,5H2,1-3H3. The Balaban J connectivity index is 2.21. The van der Waals surface area contributed by atoms with E-state index in [1.54, 1.807) is 17.7 Å². The molecule has 0 aliphatic rings. The first-order chi connectivity index (χ1) is 9.02. The van der Waals surface area contributed by atoms with E-state index in [4.69, 9.17) is 0 Å². The van der Waals surface area contributed by atoms with Crippen molar-refractivity contribution >= 4 is 43.2 Å². The molecular weight excluding hydrogens is 392 g/mol. The lowest BCUT2D eigenvalue weighted by molar-refractivity contribution is 0.480. The molecule has 2 aromatic rings. The van der Waals surface area contributed by atoms with E-state index in [0.29, 0.717) is 6.04 Å². The summed E-state index contributed by atoms with van der Waals surface area (Å²) in [6.45, 7) is 4.23. The largest absolute Gasteiger partial charge is 0.312 e. The molecule has 0 fully saturated rings. The number of halogens is 2. The van der Waals surface area contributed by atoms with Crippen LogP contribution < -0.4 is 5.32 Å². The van der Waals surface area contributed by atoms with Crippen LogP contribution in [0.3, 0.4) is 0 Å². The molecule has 0 saturated carbocycles. The second-order valence-corrected chi connectivity index (χ2v) is 7.79. The third kappa shape index (κ3) is 3.45. The molecule has 1 atom stereocenters. The zero-order chi connectivity index (χ0) is 14.0. The van der Waals surface area contributed by atoms with Gasteiger partial charge in [0.1, 0.15) is 12.2 Å². The quantitative estimate of drug-likeness (QED) is 0.815. The Morgan fingerprint density at radius 3 is 2.68 bits per heavy atom. The normalized spacial score (nSPS) is 13.2. The Kier molecular flexibility index (Phi) is 5.16. The van der Waals surface area contributed by atoms with Crippen LogP contribution in [-0.4, -0.2) is 21.8 Å². The molecule has 0 aliphatic carbocycles. The van der Waals surface area contributed by atoms with Crippen LogP contribution in [0.15, 0.2) is 20.7 Å². The highest BCUT2D eigenvalue weighted by molar-refractivity contribution is 9.13. The Hall–Kier alpha value is -0.240. The number of hydrogen-bond donors (Lipinski definition) is 1. The second-order valence-electron chi connectivity index (χ2n) is 4.53. The van der Waals surface area contributed by atoms with Crippen LogP contribution in [0.4, 0.5) is 0 Å². The topological polar surface area (TPSA) is 42.7 Å². The molecule has 7 heteroatoms. The van der Waals surface area contributed by atoms with Crippen molar-refractivity contribution in [1.82, 2.24) is 20.1 Å².